The lowest BCUT2D eigenvalue weighted by atomic mass is 10.3. The summed E-state index contributed by atoms with van der Waals surface area (Å²) in [6, 6.07) is 0. The third-order valence-corrected chi connectivity index (χ3v) is 1.31. The molecular formula is C4H9O6P. The van der Waals surface area contributed by atoms with Crippen molar-refractivity contribution in [2.75, 3.05) is 6.61 Å². The monoisotopic (exact) mass is 184 g/mol. The molecule has 66 valence electrons. The molecule has 11 heavy (non-hydrogen) atoms. The minimum absolute atomic E-state index is 0.0977. The number of aliphatic carboxylic acids is 1. The lowest BCUT2D eigenvalue weighted by Crippen LogP contribution is -1.98. The summed E-state index contributed by atoms with van der Waals surface area (Å²) < 4.78 is 14.0. The van der Waals surface area contributed by atoms with Gasteiger partial charge in [0.2, 0.25) is 0 Å². The molecule has 0 unspecified atom stereocenters. The molecule has 0 aromatic rings. The van der Waals surface area contributed by atoms with Crippen LogP contribution in [0.4, 0.5) is 0 Å². The van der Waals surface area contributed by atoms with Gasteiger partial charge in [0.1, 0.15) is 0 Å². The van der Waals surface area contributed by atoms with Gasteiger partial charge in [-0.15, -0.1) is 0 Å². The van der Waals surface area contributed by atoms with Crippen molar-refractivity contribution in [1.82, 2.24) is 0 Å². The van der Waals surface area contributed by atoms with Crippen molar-refractivity contribution in [3.05, 3.63) is 0 Å². The minimum atomic E-state index is -4.42. The van der Waals surface area contributed by atoms with Crippen LogP contribution in [-0.4, -0.2) is 27.5 Å². The zero-order chi connectivity index (χ0) is 8.91. The predicted octanol–water partition coefficient (Wildman–Crippen LogP) is -0.0395. The Morgan fingerprint density at radius 1 is 1.45 bits per heavy atom. The van der Waals surface area contributed by atoms with Gasteiger partial charge in [-0.1, -0.05) is 0 Å². The second-order valence-corrected chi connectivity index (χ2v) is 3.06. The number of hydrogen-bond donors (Lipinski definition) is 3. The highest BCUT2D eigenvalue weighted by molar-refractivity contribution is 7.46. The Kier molecular flexibility index (Phi) is 4.29. The van der Waals surface area contributed by atoms with Crippen molar-refractivity contribution in [2.24, 2.45) is 0 Å². The fraction of sp³-hybridized carbons (Fsp3) is 0.750. The lowest BCUT2D eigenvalue weighted by Gasteiger charge is -2.02. The number of phosphoric acid groups is 1. The molecule has 0 aromatic heterocycles. The van der Waals surface area contributed by atoms with Crippen LogP contribution in [0.1, 0.15) is 12.8 Å². The molecule has 6 nitrogen and oxygen atoms in total. The molecule has 0 aliphatic carbocycles. The number of carboxylic acids is 1. The summed E-state index contributed by atoms with van der Waals surface area (Å²) in [7, 11) is -4.42. The Morgan fingerprint density at radius 2 is 2.00 bits per heavy atom. The van der Waals surface area contributed by atoms with Crippen LogP contribution in [0.15, 0.2) is 0 Å². The molecule has 3 N–H and O–H groups in total. The Balaban J connectivity index is 3.29. The average molecular weight is 184 g/mol. The highest BCUT2D eigenvalue weighted by Crippen LogP contribution is 2.35. The Morgan fingerprint density at radius 3 is 2.36 bits per heavy atom. The van der Waals surface area contributed by atoms with Crippen LogP contribution in [-0.2, 0) is 13.9 Å². The van der Waals surface area contributed by atoms with Crippen LogP contribution in [0.5, 0.6) is 0 Å². The molecule has 0 aliphatic rings. The standard InChI is InChI=1S/C4H9O6P/c5-4(6)2-1-3-10-11(7,8)9/h1-3H2,(H,5,6)(H2,7,8,9). The summed E-state index contributed by atoms with van der Waals surface area (Å²) in [5.41, 5.74) is 0. The zero-order valence-electron chi connectivity index (χ0n) is 5.63. The first kappa shape index (κ1) is 10.6. The van der Waals surface area contributed by atoms with E-state index in [1.54, 1.807) is 0 Å². The van der Waals surface area contributed by atoms with Gasteiger partial charge in [-0.25, -0.2) is 4.57 Å². The summed E-state index contributed by atoms with van der Waals surface area (Å²) in [6.45, 7) is -0.240. The molecule has 0 bridgehead atoms. The Bertz CT molecular complexity index is 171. The van der Waals surface area contributed by atoms with Crippen LogP contribution in [0.25, 0.3) is 0 Å². The number of rotatable bonds is 5. The van der Waals surface area contributed by atoms with E-state index in [4.69, 9.17) is 14.9 Å². The first-order chi connectivity index (χ1) is 4.92. The first-order valence-corrected chi connectivity index (χ1v) is 4.37. The van der Waals surface area contributed by atoms with E-state index < -0.39 is 13.8 Å². The molecule has 0 amide bonds. The number of phosphoric ester groups is 1. The summed E-state index contributed by atoms with van der Waals surface area (Å²) in [5.74, 6) is -1.01. The van der Waals surface area contributed by atoms with Gasteiger partial charge in [-0.05, 0) is 6.42 Å². The van der Waals surface area contributed by atoms with E-state index in [1.165, 1.54) is 0 Å². The third-order valence-electron chi connectivity index (χ3n) is 0.794. The topological polar surface area (TPSA) is 104 Å². The van der Waals surface area contributed by atoms with Crippen molar-refractivity contribution in [2.45, 2.75) is 12.8 Å². The van der Waals surface area contributed by atoms with E-state index in [2.05, 4.69) is 4.52 Å². The molecule has 0 aromatic carbocycles. The Labute approximate surface area is 63.0 Å². The lowest BCUT2D eigenvalue weighted by molar-refractivity contribution is -0.137. The highest BCUT2D eigenvalue weighted by atomic mass is 31.2. The molecule has 0 heterocycles. The van der Waals surface area contributed by atoms with E-state index in [-0.39, 0.29) is 19.4 Å². The molecule has 0 spiro atoms. The maximum atomic E-state index is 10.0. The maximum Gasteiger partial charge on any atom is 0.469 e. The van der Waals surface area contributed by atoms with E-state index in [9.17, 15) is 9.36 Å². The average Bonchev–Trinajstić information content (AvgIpc) is 1.78. The fourth-order valence-corrected chi connectivity index (χ4v) is 0.774. The second kappa shape index (κ2) is 4.46. The van der Waals surface area contributed by atoms with Crippen LogP contribution in [0.2, 0.25) is 0 Å². The quantitative estimate of drug-likeness (QED) is 0.409. The van der Waals surface area contributed by atoms with Crippen molar-refractivity contribution in [3.63, 3.8) is 0 Å². The number of hydrogen-bond acceptors (Lipinski definition) is 3. The maximum absolute atomic E-state index is 10.0. The predicted molar refractivity (Wildman–Crippen MR) is 34.9 cm³/mol. The van der Waals surface area contributed by atoms with Gasteiger partial charge in [0.25, 0.3) is 0 Å². The van der Waals surface area contributed by atoms with Crippen molar-refractivity contribution in [1.29, 1.82) is 0 Å². The van der Waals surface area contributed by atoms with Crippen LogP contribution in [0, 0.1) is 0 Å². The molecule has 0 atom stereocenters. The molecule has 0 radical (unpaired) electrons. The zero-order valence-corrected chi connectivity index (χ0v) is 6.53. The molecule has 0 saturated carbocycles. The molecular weight excluding hydrogens is 175 g/mol. The second-order valence-electron chi connectivity index (χ2n) is 1.82. The van der Waals surface area contributed by atoms with Crippen LogP contribution < -0.4 is 0 Å². The van der Waals surface area contributed by atoms with Crippen molar-refractivity contribution >= 4 is 13.8 Å². The van der Waals surface area contributed by atoms with Crippen LogP contribution >= 0.6 is 7.82 Å². The SMILES string of the molecule is O=C(O)CCCOP(=O)(O)O. The largest absolute Gasteiger partial charge is 0.481 e. The molecule has 0 aliphatic heterocycles. The summed E-state index contributed by atoms with van der Waals surface area (Å²) in [6.07, 6.45) is -0.0551. The van der Waals surface area contributed by atoms with E-state index in [0.717, 1.165) is 0 Å². The van der Waals surface area contributed by atoms with E-state index in [1.807, 2.05) is 0 Å². The molecule has 7 heteroatoms. The highest BCUT2D eigenvalue weighted by Gasteiger charge is 2.12. The van der Waals surface area contributed by atoms with Crippen molar-refractivity contribution < 1.29 is 28.8 Å². The van der Waals surface area contributed by atoms with Gasteiger partial charge in [-0.2, -0.15) is 0 Å². The summed E-state index contributed by atoms with van der Waals surface area (Å²) in [5, 5.41) is 8.09. The van der Waals surface area contributed by atoms with E-state index >= 15 is 0 Å². The molecule has 0 rings (SSSR count). The Hall–Kier alpha value is -0.420. The third kappa shape index (κ3) is 9.58. The van der Waals surface area contributed by atoms with Gasteiger partial charge >= 0.3 is 13.8 Å². The van der Waals surface area contributed by atoms with Crippen LogP contribution in [0.3, 0.4) is 0 Å². The smallest absolute Gasteiger partial charge is 0.469 e. The number of carboxylic acid groups (broad SMARTS) is 1. The summed E-state index contributed by atoms with van der Waals surface area (Å²) in [4.78, 5) is 26.1. The van der Waals surface area contributed by atoms with Gasteiger partial charge in [0, 0.05) is 6.42 Å². The first-order valence-electron chi connectivity index (χ1n) is 2.84. The normalized spacial score (nSPS) is 11.5. The molecule has 0 saturated heterocycles. The van der Waals surface area contributed by atoms with Crippen molar-refractivity contribution in [3.8, 4) is 0 Å². The number of carbonyl (C=O) groups is 1. The molecule has 0 fully saturated rings. The van der Waals surface area contributed by atoms with Gasteiger partial charge in [-0.3, -0.25) is 9.32 Å². The van der Waals surface area contributed by atoms with Gasteiger partial charge in [0.15, 0.2) is 0 Å². The minimum Gasteiger partial charge on any atom is -0.481 e. The van der Waals surface area contributed by atoms with Gasteiger partial charge < -0.3 is 14.9 Å². The van der Waals surface area contributed by atoms with Gasteiger partial charge in [0.05, 0.1) is 6.61 Å². The summed E-state index contributed by atoms with van der Waals surface area (Å²) >= 11 is 0. The fourth-order valence-electron chi connectivity index (χ4n) is 0.407. The van der Waals surface area contributed by atoms with E-state index in [0.29, 0.717) is 0 Å².